The van der Waals surface area contributed by atoms with E-state index in [0.29, 0.717) is 10.9 Å². The minimum Gasteiger partial charge on any atom is -0.402 e. The van der Waals surface area contributed by atoms with Gasteiger partial charge < -0.3 is 4.74 Å². The summed E-state index contributed by atoms with van der Waals surface area (Å²) in [4.78, 5) is 16.0. The van der Waals surface area contributed by atoms with E-state index >= 15 is 0 Å². The maximum Gasteiger partial charge on any atom is 0.363 e. The normalized spacial score (nSPS) is 16.1. The standard InChI is InChI=1S/C16H10ClNO2/c17-13-9-5-4-8-12(13)10-14-16(19)20-15(18-14)11-6-2-1-3-7-11/h1-10H. The topological polar surface area (TPSA) is 38.7 Å². The van der Waals surface area contributed by atoms with Crippen LogP contribution < -0.4 is 0 Å². The number of aliphatic imine (C=N–C) groups is 1. The second-order valence-electron chi connectivity index (χ2n) is 4.22. The molecular weight excluding hydrogens is 274 g/mol. The number of benzene rings is 2. The highest BCUT2D eigenvalue weighted by atomic mass is 35.5. The molecular formula is C16H10ClNO2. The van der Waals surface area contributed by atoms with Gasteiger partial charge in [-0.15, -0.1) is 0 Å². The Morgan fingerprint density at radius 3 is 2.45 bits per heavy atom. The Bertz CT molecular complexity index is 720. The molecule has 4 heteroatoms. The van der Waals surface area contributed by atoms with Crippen LogP contribution in [0.25, 0.3) is 6.08 Å². The van der Waals surface area contributed by atoms with Crippen LogP contribution in [0.15, 0.2) is 65.3 Å². The van der Waals surface area contributed by atoms with Crippen molar-refractivity contribution in [3.05, 3.63) is 76.4 Å². The van der Waals surface area contributed by atoms with E-state index in [2.05, 4.69) is 4.99 Å². The van der Waals surface area contributed by atoms with E-state index in [1.165, 1.54) is 0 Å². The van der Waals surface area contributed by atoms with Crippen molar-refractivity contribution in [1.82, 2.24) is 0 Å². The number of ether oxygens (including phenoxy) is 1. The minimum absolute atomic E-state index is 0.247. The van der Waals surface area contributed by atoms with Gasteiger partial charge in [-0.25, -0.2) is 9.79 Å². The van der Waals surface area contributed by atoms with Crippen LogP contribution in [0.3, 0.4) is 0 Å². The summed E-state index contributed by atoms with van der Waals surface area (Å²) in [6.07, 6.45) is 1.63. The smallest absolute Gasteiger partial charge is 0.363 e. The Morgan fingerprint density at radius 1 is 1.00 bits per heavy atom. The van der Waals surface area contributed by atoms with Crippen LogP contribution in [-0.2, 0) is 9.53 Å². The summed E-state index contributed by atoms with van der Waals surface area (Å²) in [6, 6.07) is 16.5. The van der Waals surface area contributed by atoms with Gasteiger partial charge in [-0.2, -0.15) is 0 Å². The van der Waals surface area contributed by atoms with Crippen LogP contribution in [0.1, 0.15) is 11.1 Å². The van der Waals surface area contributed by atoms with Crippen LogP contribution in [-0.4, -0.2) is 11.9 Å². The van der Waals surface area contributed by atoms with Gasteiger partial charge in [0.25, 0.3) is 0 Å². The third-order valence-electron chi connectivity index (χ3n) is 2.84. The Balaban J connectivity index is 1.97. The number of halogens is 1. The molecule has 0 bridgehead atoms. The van der Waals surface area contributed by atoms with E-state index in [1.54, 1.807) is 12.1 Å². The van der Waals surface area contributed by atoms with Gasteiger partial charge in [0.1, 0.15) is 0 Å². The highest BCUT2D eigenvalue weighted by molar-refractivity contribution is 6.32. The van der Waals surface area contributed by atoms with E-state index < -0.39 is 5.97 Å². The zero-order valence-electron chi connectivity index (χ0n) is 10.4. The first-order valence-electron chi connectivity index (χ1n) is 6.06. The predicted octanol–water partition coefficient (Wildman–Crippen LogP) is 3.68. The van der Waals surface area contributed by atoms with Crippen molar-refractivity contribution in [3.63, 3.8) is 0 Å². The third kappa shape index (κ3) is 2.49. The highest BCUT2D eigenvalue weighted by Gasteiger charge is 2.24. The molecule has 3 nitrogen and oxygen atoms in total. The molecule has 20 heavy (non-hydrogen) atoms. The van der Waals surface area contributed by atoms with Crippen LogP contribution >= 0.6 is 11.6 Å². The molecule has 0 aromatic heterocycles. The van der Waals surface area contributed by atoms with Crippen LogP contribution in [0.5, 0.6) is 0 Å². The molecule has 0 spiro atoms. The second kappa shape index (κ2) is 5.31. The summed E-state index contributed by atoms with van der Waals surface area (Å²) in [5.41, 5.74) is 1.75. The monoisotopic (exact) mass is 283 g/mol. The molecule has 98 valence electrons. The maximum atomic E-state index is 11.8. The molecule has 1 aliphatic heterocycles. The fourth-order valence-corrected chi connectivity index (χ4v) is 2.04. The minimum atomic E-state index is -0.469. The molecule has 0 atom stereocenters. The first kappa shape index (κ1) is 12.6. The number of hydrogen-bond acceptors (Lipinski definition) is 3. The lowest BCUT2D eigenvalue weighted by Crippen LogP contribution is -2.04. The molecule has 0 unspecified atom stereocenters. The molecule has 1 aliphatic rings. The van der Waals surface area contributed by atoms with Gasteiger partial charge in [-0.1, -0.05) is 48.0 Å². The molecule has 2 aromatic carbocycles. The van der Waals surface area contributed by atoms with Gasteiger partial charge in [-0.3, -0.25) is 0 Å². The Labute approximate surface area is 121 Å². The molecule has 0 fully saturated rings. The molecule has 0 saturated heterocycles. The van der Waals surface area contributed by atoms with E-state index in [0.717, 1.165) is 11.1 Å². The zero-order valence-corrected chi connectivity index (χ0v) is 11.2. The number of nitrogens with zero attached hydrogens (tertiary/aromatic N) is 1. The molecule has 3 rings (SSSR count). The number of carbonyl (C=O) groups excluding carboxylic acids is 1. The van der Waals surface area contributed by atoms with Crippen molar-refractivity contribution >= 4 is 29.5 Å². The third-order valence-corrected chi connectivity index (χ3v) is 3.18. The molecule has 2 aromatic rings. The maximum absolute atomic E-state index is 11.8. The predicted molar refractivity (Wildman–Crippen MR) is 78.5 cm³/mol. The number of esters is 1. The zero-order chi connectivity index (χ0) is 13.9. The fourth-order valence-electron chi connectivity index (χ4n) is 1.85. The van der Waals surface area contributed by atoms with Crippen molar-refractivity contribution in [3.8, 4) is 0 Å². The van der Waals surface area contributed by atoms with Gasteiger partial charge in [0, 0.05) is 10.6 Å². The lowest BCUT2D eigenvalue weighted by molar-refractivity contribution is -0.129. The van der Waals surface area contributed by atoms with Crippen molar-refractivity contribution in [1.29, 1.82) is 0 Å². The first-order valence-corrected chi connectivity index (χ1v) is 6.44. The van der Waals surface area contributed by atoms with Gasteiger partial charge in [0.05, 0.1) is 0 Å². The Kier molecular flexibility index (Phi) is 3.35. The van der Waals surface area contributed by atoms with Crippen molar-refractivity contribution in [2.75, 3.05) is 0 Å². The van der Waals surface area contributed by atoms with Gasteiger partial charge in [0.2, 0.25) is 5.90 Å². The Hall–Kier alpha value is -2.39. The van der Waals surface area contributed by atoms with Gasteiger partial charge in [0.15, 0.2) is 5.70 Å². The lowest BCUT2D eigenvalue weighted by Gasteiger charge is -1.97. The molecule has 0 saturated carbocycles. The van der Waals surface area contributed by atoms with Crippen molar-refractivity contribution in [2.45, 2.75) is 0 Å². The number of carbonyl (C=O) groups is 1. The van der Waals surface area contributed by atoms with Crippen LogP contribution in [0.4, 0.5) is 0 Å². The fraction of sp³-hybridized carbons (Fsp3) is 0. The second-order valence-corrected chi connectivity index (χ2v) is 4.63. The summed E-state index contributed by atoms with van der Waals surface area (Å²) in [5.74, 6) is -0.155. The molecule has 0 aliphatic carbocycles. The summed E-state index contributed by atoms with van der Waals surface area (Å²) in [7, 11) is 0. The van der Waals surface area contributed by atoms with E-state index in [-0.39, 0.29) is 5.70 Å². The number of rotatable bonds is 2. The van der Waals surface area contributed by atoms with Crippen molar-refractivity contribution < 1.29 is 9.53 Å². The molecule has 0 radical (unpaired) electrons. The lowest BCUT2D eigenvalue weighted by atomic mass is 10.2. The molecule has 0 N–H and O–H groups in total. The summed E-state index contributed by atoms with van der Waals surface area (Å²) in [5, 5.41) is 0.566. The van der Waals surface area contributed by atoms with Crippen molar-refractivity contribution in [2.24, 2.45) is 4.99 Å². The number of cyclic esters (lactones) is 1. The molecule has 1 heterocycles. The Morgan fingerprint density at radius 2 is 1.70 bits per heavy atom. The number of hydrogen-bond donors (Lipinski definition) is 0. The van der Waals surface area contributed by atoms with Crippen LogP contribution in [0, 0.1) is 0 Å². The average Bonchev–Trinajstić information content (AvgIpc) is 2.84. The summed E-state index contributed by atoms with van der Waals surface area (Å²) < 4.78 is 5.17. The summed E-state index contributed by atoms with van der Waals surface area (Å²) in [6.45, 7) is 0. The first-order chi connectivity index (χ1) is 9.74. The van der Waals surface area contributed by atoms with Gasteiger partial charge >= 0.3 is 5.97 Å². The van der Waals surface area contributed by atoms with E-state index in [9.17, 15) is 4.79 Å². The van der Waals surface area contributed by atoms with Gasteiger partial charge in [-0.05, 0) is 29.8 Å². The summed E-state index contributed by atoms with van der Waals surface area (Å²) >= 11 is 6.06. The molecule has 0 amide bonds. The van der Waals surface area contributed by atoms with E-state index in [1.807, 2.05) is 48.5 Å². The van der Waals surface area contributed by atoms with E-state index in [4.69, 9.17) is 16.3 Å². The van der Waals surface area contributed by atoms with Crippen LogP contribution in [0.2, 0.25) is 5.02 Å². The SMILES string of the molecule is O=C1OC(c2ccccc2)=NC1=Cc1ccccc1Cl. The highest BCUT2D eigenvalue weighted by Crippen LogP contribution is 2.22. The average molecular weight is 284 g/mol. The largest absolute Gasteiger partial charge is 0.402 e. The quantitative estimate of drug-likeness (QED) is 0.623.